The maximum absolute atomic E-state index is 14.6. The highest BCUT2D eigenvalue weighted by Gasteiger charge is 2.44. The van der Waals surface area contributed by atoms with Gasteiger partial charge in [0.15, 0.2) is 0 Å². The second-order valence-corrected chi connectivity index (χ2v) is 21.5. The molecule has 5 aromatic rings. The lowest BCUT2D eigenvalue weighted by Gasteiger charge is -2.30. The first kappa shape index (κ1) is 51.3. The number of H-pyrrole nitrogens is 2. The Labute approximate surface area is 436 Å². The number of rotatable bonds is 14. The van der Waals surface area contributed by atoms with Crippen LogP contribution < -0.4 is 10.6 Å². The standard InChI is InChI=1S/C57H68FN9O8/c1-33(2)49(63-55(70)73-40-12-5-6-13-40)53(68)66-26-10-17-47(66)51-59-28-45(61-51)37-22-18-35(19-23-37)36-20-24-38(25-21-36)46-29-60-52(62-46)48-27-42(75-57(72)65-30-39-11-9-16-44(58)43(39)32-65)31-67(48)54(69)50(34(3)4)64-56(71)74-41-14-7-8-15-41/h9,11,16,18-25,28-29,33-34,40-42,47-50H,5-8,10,12-15,17,26-27,30-32H2,1-4H3,(H,59,61)(H,60,62)(H,63,70)(H,64,71)/t42-,47+,48?,49+,50+/m1/s1. The lowest BCUT2D eigenvalue weighted by atomic mass is 10.0. The van der Waals surface area contributed by atoms with Crippen molar-refractivity contribution >= 4 is 30.1 Å². The topological polar surface area (TPSA) is 204 Å². The maximum Gasteiger partial charge on any atom is 0.410 e. The molecule has 3 aliphatic heterocycles. The summed E-state index contributed by atoms with van der Waals surface area (Å²) in [5.41, 5.74) is 6.47. The van der Waals surface area contributed by atoms with Crippen molar-refractivity contribution in [3.05, 3.63) is 108 Å². The number of nitrogens with zero attached hydrogens (tertiary/aromatic N) is 5. The van der Waals surface area contributed by atoms with Crippen LogP contribution in [-0.2, 0) is 36.9 Å². The second-order valence-electron chi connectivity index (χ2n) is 21.5. The summed E-state index contributed by atoms with van der Waals surface area (Å²) >= 11 is 0. The third kappa shape index (κ3) is 11.4. The Kier molecular flexibility index (Phi) is 15.2. The van der Waals surface area contributed by atoms with Gasteiger partial charge in [-0.05, 0) is 104 Å². The number of fused-ring (bicyclic) bond motifs is 1. The molecule has 5 atom stereocenters. The summed E-state index contributed by atoms with van der Waals surface area (Å²) in [5, 5.41) is 5.71. The summed E-state index contributed by atoms with van der Waals surface area (Å²) in [6.07, 6.45) is 10.1. The number of imidazole rings is 2. The van der Waals surface area contributed by atoms with Gasteiger partial charge >= 0.3 is 18.3 Å². The van der Waals surface area contributed by atoms with Crippen LogP contribution in [0.5, 0.6) is 0 Å². The Hall–Kier alpha value is -7.24. The van der Waals surface area contributed by atoms with E-state index in [9.17, 15) is 28.4 Å². The van der Waals surface area contributed by atoms with E-state index in [0.717, 1.165) is 103 Å². The normalized spacial score (nSPS) is 20.7. The van der Waals surface area contributed by atoms with Gasteiger partial charge in [0, 0.05) is 36.8 Å². The number of aromatic nitrogens is 4. The summed E-state index contributed by atoms with van der Waals surface area (Å²) < 4.78 is 32.0. The van der Waals surface area contributed by atoms with Crippen LogP contribution in [0.3, 0.4) is 0 Å². The molecule has 2 saturated heterocycles. The zero-order valence-corrected chi connectivity index (χ0v) is 43.2. The fourth-order valence-corrected chi connectivity index (χ4v) is 11.4. The summed E-state index contributed by atoms with van der Waals surface area (Å²) in [6, 6.07) is 18.5. The number of alkyl carbamates (subject to hydrolysis) is 2. The lowest BCUT2D eigenvalue weighted by Crippen LogP contribution is -2.52. The molecule has 18 heteroatoms. The van der Waals surface area contributed by atoms with Gasteiger partial charge in [0.05, 0.1) is 42.8 Å². The summed E-state index contributed by atoms with van der Waals surface area (Å²) in [5.74, 6) is -0.0385. The lowest BCUT2D eigenvalue weighted by molar-refractivity contribution is -0.136. The van der Waals surface area contributed by atoms with E-state index >= 15 is 0 Å². The molecule has 2 aliphatic carbocycles. The molecule has 75 heavy (non-hydrogen) atoms. The van der Waals surface area contributed by atoms with Crippen LogP contribution >= 0.6 is 0 Å². The number of aromatic amines is 2. The monoisotopic (exact) mass is 1030 g/mol. The Morgan fingerprint density at radius 1 is 0.653 bits per heavy atom. The van der Waals surface area contributed by atoms with E-state index < -0.39 is 42.5 Å². The minimum atomic E-state index is -0.910. The predicted octanol–water partition coefficient (Wildman–Crippen LogP) is 10.1. The number of carbonyl (C=O) groups is 5. The first-order chi connectivity index (χ1) is 36.3. The molecule has 5 amide bonds. The molecule has 4 fully saturated rings. The smallest absolute Gasteiger partial charge is 0.410 e. The van der Waals surface area contributed by atoms with Gasteiger partial charge in [-0.1, -0.05) is 88.4 Å². The number of nitrogens with one attached hydrogen (secondary N) is 4. The Morgan fingerprint density at radius 2 is 1.24 bits per heavy atom. The van der Waals surface area contributed by atoms with Crippen LogP contribution in [-0.4, -0.2) is 108 Å². The average Bonchev–Trinajstić information content (AvgIpc) is 4.27. The van der Waals surface area contributed by atoms with Gasteiger partial charge in [0.25, 0.3) is 0 Å². The van der Waals surface area contributed by atoms with Crippen LogP contribution in [0.2, 0.25) is 0 Å². The van der Waals surface area contributed by atoms with E-state index in [1.807, 2.05) is 87.3 Å². The summed E-state index contributed by atoms with van der Waals surface area (Å²) in [7, 11) is 0. The van der Waals surface area contributed by atoms with E-state index in [1.54, 1.807) is 23.2 Å². The minimum absolute atomic E-state index is 0.0650. The van der Waals surface area contributed by atoms with E-state index in [0.29, 0.717) is 23.8 Å². The fourth-order valence-electron chi connectivity index (χ4n) is 11.4. The molecule has 0 spiro atoms. The van der Waals surface area contributed by atoms with Crippen molar-refractivity contribution in [2.75, 3.05) is 13.1 Å². The molecule has 5 heterocycles. The average molecular weight is 1030 g/mol. The fraction of sp³-hybridized carbons (Fsp3) is 0.491. The van der Waals surface area contributed by atoms with Crippen LogP contribution in [0.25, 0.3) is 33.6 Å². The van der Waals surface area contributed by atoms with Crippen molar-refractivity contribution in [1.82, 2.24) is 45.3 Å². The number of hydrogen-bond acceptors (Lipinski definition) is 10. The van der Waals surface area contributed by atoms with Crippen molar-refractivity contribution < 1.29 is 42.6 Å². The van der Waals surface area contributed by atoms with E-state index in [-0.39, 0.29) is 73.8 Å². The Morgan fingerprint density at radius 3 is 1.84 bits per heavy atom. The number of halogens is 1. The van der Waals surface area contributed by atoms with Gasteiger partial charge < -0.3 is 44.6 Å². The molecule has 10 rings (SSSR count). The van der Waals surface area contributed by atoms with E-state index in [2.05, 4.69) is 20.6 Å². The molecule has 1 unspecified atom stereocenters. The van der Waals surface area contributed by atoms with E-state index in [1.165, 1.54) is 11.0 Å². The van der Waals surface area contributed by atoms with Crippen molar-refractivity contribution in [2.24, 2.45) is 11.8 Å². The third-order valence-electron chi connectivity index (χ3n) is 15.6. The molecule has 0 radical (unpaired) electrons. The van der Waals surface area contributed by atoms with Crippen molar-refractivity contribution in [3.63, 3.8) is 0 Å². The molecule has 2 saturated carbocycles. The zero-order valence-electron chi connectivity index (χ0n) is 43.2. The first-order valence-electron chi connectivity index (χ1n) is 26.8. The molecular formula is C57H68FN9O8. The number of ether oxygens (including phenoxy) is 3. The highest BCUT2D eigenvalue weighted by Crippen LogP contribution is 2.37. The zero-order chi connectivity index (χ0) is 52.3. The molecule has 5 aliphatic rings. The molecule has 17 nitrogen and oxygen atoms in total. The van der Waals surface area contributed by atoms with Crippen molar-refractivity contribution in [2.45, 2.75) is 154 Å². The summed E-state index contributed by atoms with van der Waals surface area (Å²) in [6.45, 7) is 8.54. The Balaban J connectivity index is 0.801. The molecule has 3 aromatic carbocycles. The largest absolute Gasteiger partial charge is 0.446 e. The van der Waals surface area contributed by atoms with Crippen molar-refractivity contribution in [1.29, 1.82) is 0 Å². The van der Waals surface area contributed by atoms with Crippen LogP contribution in [0.15, 0.2) is 79.1 Å². The SMILES string of the molecule is CC(C)[C@H](NC(=O)OC1CCCC1)C(=O)N1C[C@H](OC(=O)N2Cc3cccc(F)c3C2)CC1c1ncc(-c2ccc(-c3ccc(-c4c[nH]c([C@@H]5CCCN5C(=O)[C@@H](NC(=O)OC5CCCC5)C(C)C)n4)cc3)cc2)[nH]1. The first-order valence-corrected chi connectivity index (χ1v) is 26.8. The van der Waals surface area contributed by atoms with Crippen molar-refractivity contribution in [3.8, 4) is 33.6 Å². The molecule has 2 aromatic heterocycles. The third-order valence-corrected chi connectivity index (χ3v) is 15.6. The number of carbonyl (C=O) groups excluding carboxylic acids is 5. The Bertz CT molecular complexity index is 2860. The van der Waals surface area contributed by atoms with Gasteiger partial charge in [-0.2, -0.15) is 0 Å². The molecular weight excluding hydrogens is 958 g/mol. The number of likely N-dealkylation sites (tertiary alicyclic amines) is 2. The summed E-state index contributed by atoms with van der Waals surface area (Å²) in [4.78, 5) is 89.4. The second kappa shape index (κ2) is 22.3. The van der Waals surface area contributed by atoms with Gasteiger partial charge in [-0.15, -0.1) is 0 Å². The molecule has 0 bridgehead atoms. The van der Waals surface area contributed by atoms with Gasteiger partial charge in [-0.25, -0.2) is 28.7 Å². The quantitative estimate of drug-likeness (QED) is 0.0775. The highest BCUT2D eigenvalue weighted by atomic mass is 19.1. The number of benzene rings is 3. The van der Waals surface area contributed by atoms with Gasteiger partial charge in [-0.3, -0.25) is 14.5 Å². The van der Waals surface area contributed by atoms with Crippen LogP contribution in [0, 0.1) is 17.7 Å². The molecule has 4 N–H and O–H groups in total. The molecule has 396 valence electrons. The number of amides is 5. The maximum atomic E-state index is 14.6. The minimum Gasteiger partial charge on any atom is -0.446 e. The van der Waals surface area contributed by atoms with Crippen LogP contribution in [0.1, 0.15) is 133 Å². The predicted molar refractivity (Wildman–Crippen MR) is 277 cm³/mol. The van der Waals surface area contributed by atoms with Gasteiger partial charge in [0.2, 0.25) is 11.8 Å². The van der Waals surface area contributed by atoms with E-state index in [4.69, 9.17) is 24.2 Å². The highest BCUT2D eigenvalue weighted by molar-refractivity contribution is 5.87. The number of hydrogen-bond donors (Lipinski definition) is 4. The van der Waals surface area contributed by atoms with Crippen LogP contribution in [0.4, 0.5) is 18.8 Å². The van der Waals surface area contributed by atoms with Gasteiger partial charge in [0.1, 0.15) is 47.9 Å².